The lowest BCUT2D eigenvalue weighted by atomic mass is 9.95. The van der Waals surface area contributed by atoms with Gasteiger partial charge in [0.1, 0.15) is 5.69 Å². The predicted octanol–water partition coefficient (Wildman–Crippen LogP) is 0.808. The molecule has 0 bridgehead atoms. The second-order valence-corrected chi connectivity index (χ2v) is 3.73. The highest BCUT2D eigenvalue weighted by atomic mass is 16.1. The Balaban J connectivity index is 2.60. The van der Waals surface area contributed by atoms with Crippen molar-refractivity contribution in [1.82, 2.24) is 9.97 Å². The van der Waals surface area contributed by atoms with Gasteiger partial charge in [0.2, 0.25) is 5.95 Å². The van der Waals surface area contributed by atoms with Crippen LogP contribution in [0.5, 0.6) is 0 Å². The SMILES string of the molecule is CC(C)C1C=Nc2c1nc(N)[nH]c2=O. The molecule has 0 spiro atoms. The van der Waals surface area contributed by atoms with E-state index in [1.807, 2.05) is 0 Å². The van der Waals surface area contributed by atoms with Crippen molar-refractivity contribution in [3.05, 3.63) is 16.0 Å². The number of nitrogen functional groups attached to an aromatic ring is 1. The van der Waals surface area contributed by atoms with Crippen LogP contribution in [0, 0.1) is 5.92 Å². The Morgan fingerprint density at radius 2 is 2.29 bits per heavy atom. The fourth-order valence-electron chi connectivity index (χ4n) is 1.57. The third-order valence-electron chi connectivity index (χ3n) is 2.34. The van der Waals surface area contributed by atoms with E-state index in [0.29, 0.717) is 17.3 Å². The molecule has 1 aromatic heterocycles. The standard InChI is InChI=1S/C9H12N4O/c1-4(2)5-3-11-7-6(5)12-9(10)13-8(7)14/h3-5H,1-2H3,(H3,10,12,13,14). The summed E-state index contributed by atoms with van der Waals surface area (Å²) < 4.78 is 0. The summed E-state index contributed by atoms with van der Waals surface area (Å²) in [5, 5.41) is 0. The maximum Gasteiger partial charge on any atom is 0.278 e. The zero-order valence-electron chi connectivity index (χ0n) is 8.11. The molecule has 74 valence electrons. The number of rotatable bonds is 1. The van der Waals surface area contributed by atoms with E-state index in [9.17, 15) is 4.79 Å². The van der Waals surface area contributed by atoms with E-state index in [0.717, 1.165) is 0 Å². The summed E-state index contributed by atoms with van der Waals surface area (Å²) in [5.41, 5.74) is 6.31. The zero-order valence-corrected chi connectivity index (χ0v) is 8.11. The largest absolute Gasteiger partial charge is 0.369 e. The van der Waals surface area contributed by atoms with Crippen LogP contribution in [0.2, 0.25) is 0 Å². The summed E-state index contributed by atoms with van der Waals surface area (Å²) in [6, 6.07) is 0. The Hall–Kier alpha value is -1.65. The van der Waals surface area contributed by atoms with E-state index in [4.69, 9.17) is 5.73 Å². The number of hydrogen-bond donors (Lipinski definition) is 2. The summed E-state index contributed by atoms with van der Waals surface area (Å²) in [5.74, 6) is 0.633. The predicted molar refractivity (Wildman–Crippen MR) is 55.0 cm³/mol. The van der Waals surface area contributed by atoms with Crippen molar-refractivity contribution in [2.24, 2.45) is 10.9 Å². The number of hydrogen-bond acceptors (Lipinski definition) is 4. The molecule has 0 radical (unpaired) electrons. The number of nitrogens with one attached hydrogen (secondary N) is 1. The van der Waals surface area contributed by atoms with Crippen LogP contribution in [0.1, 0.15) is 25.5 Å². The molecule has 5 nitrogen and oxygen atoms in total. The van der Waals surface area contributed by atoms with E-state index in [2.05, 4.69) is 28.8 Å². The van der Waals surface area contributed by atoms with Gasteiger partial charge in [0, 0.05) is 12.1 Å². The molecule has 0 fully saturated rings. The molecule has 0 saturated heterocycles. The van der Waals surface area contributed by atoms with Crippen molar-refractivity contribution >= 4 is 17.9 Å². The van der Waals surface area contributed by atoms with Gasteiger partial charge in [-0.15, -0.1) is 0 Å². The Kier molecular flexibility index (Phi) is 1.87. The van der Waals surface area contributed by atoms with E-state index < -0.39 is 0 Å². The van der Waals surface area contributed by atoms with Crippen molar-refractivity contribution in [3.8, 4) is 0 Å². The van der Waals surface area contributed by atoms with Gasteiger partial charge in [-0.05, 0) is 5.92 Å². The molecule has 14 heavy (non-hydrogen) atoms. The van der Waals surface area contributed by atoms with Crippen LogP contribution >= 0.6 is 0 Å². The first-order valence-electron chi connectivity index (χ1n) is 4.53. The first-order chi connectivity index (χ1) is 6.59. The van der Waals surface area contributed by atoms with Gasteiger partial charge >= 0.3 is 0 Å². The molecular weight excluding hydrogens is 180 g/mol. The van der Waals surface area contributed by atoms with E-state index in [-0.39, 0.29) is 17.4 Å². The van der Waals surface area contributed by atoms with Gasteiger partial charge in [-0.3, -0.25) is 14.8 Å². The zero-order chi connectivity index (χ0) is 10.3. The van der Waals surface area contributed by atoms with Crippen LogP contribution in [0.25, 0.3) is 0 Å². The molecule has 3 N–H and O–H groups in total. The van der Waals surface area contributed by atoms with Gasteiger partial charge < -0.3 is 5.73 Å². The second-order valence-electron chi connectivity index (χ2n) is 3.73. The Bertz CT molecular complexity index is 447. The Labute approximate surface area is 81.1 Å². The van der Waals surface area contributed by atoms with Gasteiger partial charge in [0.05, 0.1) is 5.69 Å². The average molecular weight is 192 g/mol. The molecule has 1 aliphatic heterocycles. The lowest BCUT2D eigenvalue weighted by Gasteiger charge is -2.11. The highest BCUT2D eigenvalue weighted by molar-refractivity contribution is 5.79. The molecule has 1 aliphatic rings. The number of aromatic nitrogens is 2. The number of nitrogens with zero attached hydrogens (tertiary/aromatic N) is 2. The Morgan fingerprint density at radius 3 is 2.93 bits per heavy atom. The van der Waals surface area contributed by atoms with E-state index in [1.54, 1.807) is 6.21 Å². The molecule has 2 heterocycles. The molecule has 5 heteroatoms. The molecule has 0 aliphatic carbocycles. The van der Waals surface area contributed by atoms with E-state index >= 15 is 0 Å². The first kappa shape index (κ1) is 8.93. The molecular formula is C9H12N4O. The smallest absolute Gasteiger partial charge is 0.278 e. The summed E-state index contributed by atoms with van der Waals surface area (Å²) in [4.78, 5) is 22.0. The van der Waals surface area contributed by atoms with Crippen molar-refractivity contribution in [2.45, 2.75) is 19.8 Å². The van der Waals surface area contributed by atoms with Crippen LogP contribution in [0.3, 0.4) is 0 Å². The minimum atomic E-state index is -0.257. The normalized spacial score (nSPS) is 18.9. The van der Waals surface area contributed by atoms with Gasteiger partial charge in [0.25, 0.3) is 5.56 Å². The third kappa shape index (κ3) is 1.21. The topological polar surface area (TPSA) is 84.1 Å². The molecule has 2 rings (SSSR count). The van der Waals surface area contributed by atoms with Gasteiger partial charge in [-0.1, -0.05) is 13.8 Å². The molecule has 1 unspecified atom stereocenters. The van der Waals surface area contributed by atoms with Gasteiger partial charge in [-0.25, -0.2) is 4.98 Å². The van der Waals surface area contributed by atoms with Crippen molar-refractivity contribution < 1.29 is 0 Å². The highest BCUT2D eigenvalue weighted by Gasteiger charge is 2.25. The van der Waals surface area contributed by atoms with Crippen LogP contribution in [0.4, 0.5) is 11.6 Å². The lowest BCUT2D eigenvalue weighted by molar-refractivity contribution is 0.605. The fraction of sp³-hybridized carbons (Fsp3) is 0.444. The number of anilines is 1. The summed E-state index contributed by atoms with van der Waals surface area (Å²) >= 11 is 0. The highest BCUT2D eigenvalue weighted by Crippen LogP contribution is 2.32. The van der Waals surface area contributed by atoms with Gasteiger partial charge in [0.15, 0.2) is 0 Å². The van der Waals surface area contributed by atoms with Gasteiger partial charge in [-0.2, -0.15) is 0 Å². The third-order valence-corrected chi connectivity index (χ3v) is 2.34. The molecule has 0 amide bonds. The van der Waals surface area contributed by atoms with Crippen LogP contribution < -0.4 is 11.3 Å². The Morgan fingerprint density at radius 1 is 1.57 bits per heavy atom. The number of aromatic amines is 1. The minimum absolute atomic E-state index is 0.106. The number of fused-ring (bicyclic) bond motifs is 1. The summed E-state index contributed by atoms with van der Waals surface area (Å²) in [6.07, 6.45) is 1.76. The maximum atomic E-state index is 11.4. The molecule has 1 atom stereocenters. The number of nitrogens with two attached hydrogens (primary N) is 1. The monoisotopic (exact) mass is 192 g/mol. The van der Waals surface area contributed by atoms with Crippen molar-refractivity contribution in [2.75, 3.05) is 5.73 Å². The molecule has 0 aromatic carbocycles. The quantitative estimate of drug-likeness (QED) is 0.690. The second kappa shape index (κ2) is 2.94. The number of aliphatic imine (C=N–C) groups is 1. The van der Waals surface area contributed by atoms with Crippen molar-refractivity contribution in [3.63, 3.8) is 0 Å². The summed E-state index contributed by atoms with van der Waals surface area (Å²) in [6.45, 7) is 4.12. The summed E-state index contributed by atoms with van der Waals surface area (Å²) in [7, 11) is 0. The lowest BCUT2D eigenvalue weighted by Crippen LogP contribution is -2.15. The minimum Gasteiger partial charge on any atom is -0.369 e. The fourth-order valence-corrected chi connectivity index (χ4v) is 1.57. The van der Waals surface area contributed by atoms with Crippen LogP contribution in [-0.2, 0) is 0 Å². The van der Waals surface area contributed by atoms with Crippen LogP contribution in [0.15, 0.2) is 9.79 Å². The molecule has 1 aromatic rings. The van der Waals surface area contributed by atoms with Crippen molar-refractivity contribution in [1.29, 1.82) is 0 Å². The first-order valence-corrected chi connectivity index (χ1v) is 4.53. The number of H-pyrrole nitrogens is 1. The van der Waals surface area contributed by atoms with E-state index in [1.165, 1.54) is 0 Å². The van der Waals surface area contributed by atoms with Crippen LogP contribution in [-0.4, -0.2) is 16.2 Å². The molecule has 0 saturated carbocycles. The average Bonchev–Trinajstić information content (AvgIpc) is 2.47. The maximum absolute atomic E-state index is 11.4.